The molecule has 0 saturated heterocycles. The van der Waals surface area contributed by atoms with Crippen LogP contribution >= 0.6 is 12.2 Å². The molecule has 1 aromatic carbocycles. The molecule has 1 heterocycles. The molecule has 0 spiro atoms. The molecule has 0 unspecified atom stereocenters. The van der Waals surface area contributed by atoms with Crippen molar-refractivity contribution in [3.63, 3.8) is 0 Å². The van der Waals surface area contributed by atoms with E-state index in [-0.39, 0.29) is 0 Å². The number of nitrogens with one attached hydrogen (secondary N) is 1. The smallest absolute Gasteiger partial charge is 0.173 e. The van der Waals surface area contributed by atoms with Crippen molar-refractivity contribution in [1.82, 2.24) is 5.32 Å². The molecule has 1 atom stereocenters. The monoisotopic (exact) mass is 260 g/mol. The van der Waals surface area contributed by atoms with E-state index in [0.29, 0.717) is 12.1 Å². The van der Waals surface area contributed by atoms with Gasteiger partial charge in [0.1, 0.15) is 0 Å². The van der Waals surface area contributed by atoms with Crippen LogP contribution in [0.25, 0.3) is 0 Å². The molecule has 0 bridgehead atoms. The summed E-state index contributed by atoms with van der Waals surface area (Å²) in [7, 11) is 0. The molecule has 18 heavy (non-hydrogen) atoms. The van der Waals surface area contributed by atoms with Gasteiger partial charge in [-0.1, -0.05) is 31.0 Å². The summed E-state index contributed by atoms with van der Waals surface area (Å²) >= 11 is 5.62. The van der Waals surface area contributed by atoms with Gasteiger partial charge in [-0.15, -0.1) is 0 Å². The zero-order chi connectivity index (χ0) is 12.5. The highest BCUT2D eigenvalue weighted by Gasteiger charge is 2.29. The van der Waals surface area contributed by atoms with Gasteiger partial charge < -0.3 is 10.2 Å². The summed E-state index contributed by atoms with van der Waals surface area (Å²) in [5, 5.41) is 4.47. The number of rotatable bonds is 1. The molecule has 96 valence electrons. The van der Waals surface area contributed by atoms with Gasteiger partial charge >= 0.3 is 0 Å². The number of benzene rings is 1. The maximum absolute atomic E-state index is 5.62. The highest BCUT2D eigenvalue weighted by Crippen LogP contribution is 2.32. The normalized spacial score (nSPS) is 23.2. The van der Waals surface area contributed by atoms with E-state index in [0.717, 1.165) is 11.5 Å². The molecule has 2 nitrogen and oxygen atoms in total. The highest BCUT2D eigenvalue weighted by atomic mass is 32.1. The van der Waals surface area contributed by atoms with Crippen LogP contribution in [0.5, 0.6) is 0 Å². The lowest BCUT2D eigenvalue weighted by molar-refractivity contribution is 0.622. The standard InChI is InChI=1S/C15H20N2S/c1-11-10-12-6-2-5-9-14(12)17(11)15(18)16-13-7-3-4-8-13/h2,5-6,9,11,13H,3-4,7-8,10H2,1H3,(H,16,18)/t11-/m1/s1. The molecule has 1 saturated carbocycles. The molecule has 3 heteroatoms. The maximum Gasteiger partial charge on any atom is 0.173 e. The van der Waals surface area contributed by atoms with Crippen molar-refractivity contribution in [1.29, 1.82) is 0 Å². The number of nitrogens with zero attached hydrogens (tertiary/aromatic N) is 1. The Morgan fingerprint density at radius 2 is 2.00 bits per heavy atom. The minimum Gasteiger partial charge on any atom is -0.360 e. The Bertz CT molecular complexity index is 452. The predicted molar refractivity (Wildman–Crippen MR) is 80.1 cm³/mol. The lowest BCUT2D eigenvalue weighted by Crippen LogP contribution is -2.46. The predicted octanol–water partition coefficient (Wildman–Crippen LogP) is 3.25. The summed E-state index contributed by atoms with van der Waals surface area (Å²) < 4.78 is 0. The van der Waals surface area contributed by atoms with Gasteiger partial charge in [-0.3, -0.25) is 0 Å². The van der Waals surface area contributed by atoms with Gasteiger partial charge in [0.15, 0.2) is 5.11 Å². The van der Waals surface area contributed by atoms with Crippen LogP contribution in [-0.2, 0) is 6.42 Å². The van der Waals surface area contributed by atoms with E-state index in [1.54, 1.807) is 0 Å². The van der Waals surface area contributed by atoms with Crippen molar-refractivity contribution in [3.05, 3.63) is 29.8 Å². The average molecular weight is 260 g/mol. The third kappa shape index (κ3) is 2.12. The van der Waals surface area contributed by atoms with Gasteiger partial charge in [0.2, 0.25) is 0 Å². The number of thiocarbonyl (C=S) groups is 1. The second-order valence-electron chi connectivity index (χ2n) is 5.48. The first-order chi connectivity index (χ1) is 8.75. The molecule has 0 amide bonds. The average Bonchev–Trinajstić information content (AvgIpc) is 2.94. The highest BCUT2D eigenvalue weighted by molar-refractivity contribution is 7.80. The Morgan fingerprint density at radius 3 is 2.78 bits per heavy atom. The molecule has 1 aliphatic carbocycles. The topological polar surface area (TPSA) is 15.3 Å². The van der Waals surface area contributed by atoms with Crippen molar-refractivity contribution in [2.45, 2.75) is 51.1 Å². The molecule has 0 aromatic heterocycles. The zero-order valence-corrected chi connectivity index (χ0v) is 11.7. The summed E-state index contributed by atoms with van der Waals surface area (Å²) in [6.07, 6.45) is 6.31. The van der Waals surface area contributed by atoms with E-state index in [1.165, 1.54) is 36.9 Å². The van der Waals surface area contributed by atoms with Gasteiger partial charge in [0, 0.05) is 17.8 Å². The molecule has 1 N–H and O–H groups in total. The fourth-order valence-corrected chi connectivity index (χ4v) is 3.63. The van der Waals surface area contributed by atoms with Crippen molar-refractivity contribution in [2.24, 2.45) is 0 Å². The van der Waals surface area contributed by atoms with Crippen LogP contribution in [0.15, 0.2) is 24.3 Å². The van der Waals surface area contributed by atoms with Gasteiger partial charge in [-0.25, -0.2) is 0 Å². The fourth-order valence-electron chi connectivity index (χ4n) is 3.19. The Labute approximate surface area is 114 Å². The summed E-state index contributed by atoms with van der Waals surface area (Å²) in [5.41, 5.74) is 2.71. The van der Waals surface area contributed by atoms with E-state index in [4.69, 9.17) is 12.2 Å². The van der Waals surface area contributed by atoms with E-state index < -0.39 is 0 Å². The Morgan fingerprint density at radius 1 is 1.28 bits per heavy atom. The van der Waals surface area contributed by atoms with Gasteiger partial charge in [0.05, 0.1) is 0 Å². The second-order valence-corrected chi connectivity index (χ2v) is 5.87. The molecular formula is C15H20N2S. The fraction of sp³-hybridized carbons (Fsp3) is 0.533. The van der Waals surface area contributed by atoms with E-state index in [2.05, 4.69) is 41.4 Å². The van der Waals surface area contributed by atoms with E-state index in [1.807, 2.05) is 0 Å². The Hall–Kier alpha value is -1.09. The number of para-hydroxylation sites is 1. The first-order valence-corrected chi connectivity index (χ1v) is 7.34. The lowest BCUT2D eigenvalue weighted by Gasteiger charge is -2.28. The quantitative estimate of drug-likeness (QED) is 0.780. The molecule has 1 aromatic rings. The molecule has 3 rings (SSSR count). The van der Waals surface area contributed by atoms with Crippen molar-refractivity contribution >= 4 is 23.0 Å². The van der Waals surface area contributed by atoms with E-state index in [9.17, 15) is 0 Å². The van der Waals surface area contributed by atoms with Gasteiger partial charge in [0.25, 0.3) is 0 Å². The third-order valence-corrected chi connectivity index (χ3v) is 4.42. The van der Waals surface area contributed by atoms with Crippen LogP contribution in [0.4, 0.5) is 5.69 Å². The Kier molecular flexibility index (Phi) is 3.25. The summed E-state index contributed by atoms with van der Waals surface area (Å²) in [5.74, 6) is 0. The number of hydrogen-bond donors (Lipinski definition) is 1. The molecule has 0 radical (unpaired) electrons. The molecule has 1 aliphatic heterocycles. The third-order valence-electron chi connectivity index (χ3n) is 4.11. The second kappa shape index (κ2) is 4.88. The summed E-state index contributed by atoms with van der Waals surface area (Å²) in [4.78, 5) is 2.29. The van der Waals surface area contributed by atoms with Crippen LogP contribution in [0.1, 0.15) is 38.2 Å². The van der Waals surface area contributed by atoms with Crippen LogP contribution in [-0.4, -0.2) is 17.2 Å². The Balaban J connectivity index is 1.77. The van der Waals surface area contributed by atoms with Gasteiger partial charge in [-0.2, -0.15) is 0 Å². The van der Waals surface area contributed by atoms with Crippen LogP contribution in [0.2, 0.25) is 0 Å². The van der Waals surface area contributed by atoms with E-state index >= 15 is 0 Å². The summed E-state index contributed by atoms with van der Waals surface area (Å²) in [6.45, 7) is 2.25. The van der Waals surface area contributed by atoms with Crippen LogP contribution < -0.4 is 10.2 Å². The maximum atomic E-state index is 5.62. The van der Waals surface area contributed by atoms with Crippen molar-refractivity contribution in [2.75, 3.05) is 4.90 Å². The number of anilines is 1. The number of hydrogen-bond acceptors (Lipinski definition) is 1. The first kappa shape index (κ1) is 12.0. The largest absolute Gasteiger partial charge is 0.360 e. The minimum atomic E-state index is 0.476. The molecular weight excluding hydrogens is 240 g/mol. The minimum absolute atomic E-state index is 0.476. The lowest BCUT2D eigenvalue weighted by atomic mass is 10.1. The van der Waals surface area contributed by atoms with Crippen LogP contribution in [0, 0.1) is 0 Å². The first-order valence-electron chi connectivity index (χ1n) is 6.93. The van der Waals surface area contributed by atoms with Crippen LogP contribution in [0.3, 0.4) is 0 Å². The van der Waals surface area contributed by atoms with Crippen molar-refractivity contribution in [3.8, 4) is 0 Å². The molecule has 1 fully saturated rings. The molecule has 2 aliphatic rings. The SMILES string of the molecule is C[C@@H]1Cc2ccccc2N1C(=S)NC1CCCC1. The number of fused-ring (bicyclic) bond motifs is 1. The zero-order valence-electron chi connectivity index (χ0n) is 10.9. The van der Waals surface area contributed by atoms with Crippen molar-refractivity contribution < 1.29 is 0 Å². The van der Waals surface area contributed by atoms with Gasteiger partial charge in [-0.05, 0) is 50.0 Å². The summed E-state index contributed by atoms with van der Waals surface area (Å²) in [6, 6.07) is 9.68.